The van der Waals surface area contributed by atoms with E-state index < -0.39 is 0 Å². The molecule has 1 aliphatic rings. The molecule has 0 atom stereocenters. The largest absolute Gasteiger partial charge is 0.466 e. The lowest BCUT2D eigenvalue weighted by Gasteiger charge is -2.27. The molecule has 0 aromatic heterocycles. The van der Waals surface area contributed by atoms with Crippen molar-refractivity contribution >= 4 is 5.97 Å². The highest BCUT2D eigenvalue weighted by Gasteiger charge is 2.27. The fourth-order valence-electron chi connectivity index (χ4n) is 2.81. The number of carbonyl (C=O) groups is 1. The minimum Gasteiger partial charge on any atom is -0.466 e. The first-order valence-corrected chi connectivity index (χ1v) is 7.00. The van der Waals surface area contributed by atoms with E-state index in [9.17, 15) is 4.79 Å². The molecule has 18 heavy (non-hydrogen) atoms. The van der Waals surface area contributed by atoms with Gasteiger partial charge in [0.15, 0.2) is 0 Å². The molecule has 1 aromatic carbocycles. The highest BCUT2D eigenvalue weighted by Crippen LogP contribution is 2.31. The van der Waals surface area contributed by atoms with Crippen LogP contribution in [-0.2, 0) is 16.0 Å². The van der Waals surface area contributed by atoms with Gasteiger partial charge in [0, 0.05) is 0 Å². The van der Waals surface area contributed by atoms with E-state index in [4.69, 9.17) is 4.74 Å². The van der Waals surface area contributed by atoms with Gasteiger partial charge in [-0.05, 0) is 50.5 Å². The maximum absolute atomic E-state index is 11.6. The quantitative estimate of drug-likeness (QED) is 0.759. The summed E-state index contributed by atoms with van der Waals surface area (Å²) in [4.78, 5) is 11.6. The van der Waals surface area contributed by atoms with Crippen molar-refractivity contribution in [1.82, 2.24) is 0 Å². The number of rotatable bonds is 4. The zero-order valence-electron chi connectivity index (χ0n) is 11.1. The van der Waals surface area contributed by atoms with Gasteiger partial charge in [0.05, 0.1) is 12.5 Å². The second kappa shape index (κ2) is 6.58. The predicted molar refractivity (Wildman–Crippen MR) is 72.2 cm³/mol. The van der Waals surface area contributed by atoms with Gasteiger partial charge >= 0.3 is 5.97 Å². The van der Waals surface area contributed by atoms with Crippen LogP contribution in [0.2, 0.25) is 0 Å². The van der Waals surface area contributed by atoms with Crippen molar-refractivity contribution in [3.63, 3.8) is 0 Å². The Morgan fingerprint density at radius 3 is 2.44 bits per heavy atom. The number of benzene rings is 1. The van der Waals surface area contributed by atoms with Crippen molar-refractivity contribution in [2.45, 2.75) is 39.0 Å². The summed E-state index contributed by atoms with van der Waals surface area (Å²) >= 11 is 0. The van der Waals surface area contributed by atoms with Crippen LogP contribution in [0.5, 0.6) is 0 Å². The summed E-state index contributed by atoms with van der Waals surface area (Å²) in [5.41, 5.74) is 1.41. The van der Waals surface area contributed by atoms with Crippen LogP contribution in [0.1, 0.15) is 38.2 Å². The van der Waals surface area contributed by atoms with E-state index in [1.165, 1.54) is 5.56 Å². The normalized spacial score (nSPS) is 23.6. The standard InChI is InChI=1S/C16H22O2/c1-2-18-16(17)15-10-8-14(9-11-15)12-13-6-4-3-5-7-13/h3-7,14-15H,2,8-12H2,1H3. The molecule has 98 valence electrons. The van der Waals surface area contributed by atoms with Crippen LogP contribution in [0.4, 0.5) is 0 Å². The van der Waals surface area contributed by atoms with E-state index in [0.717, 1.165) is 38.0 Å². The lowest BCUT2D eigenvalue weighted by molar-refractivity contribution is -0.149. The Morgan fingerprint density at radius 1 is 1.17 bits per heavy atom. The molecule has 0 spiro atoms. The van der Waals surface area contributed by atoms with Crippen molar-refractivity contribution < 1.29 is 9.53 Å². The predicted octanol–water partition coefficient (Wildman–Crippen LogP) is 3.60. The highest BCUT2D eigenvalue weighted by atomic mass is 16.5. The molecule has 0 saturated heterocycles. The second-order valence-electron chi connectivity index (χ2n) is 5.16. The average molecular weight is 246 g/mol. The van der Waals surface area contributed by atoms with Gasteiger partial charge in [-0.15, -0.1) is 0 Å². The van der Waals surface area contributed by atoms with Crippen LogP contribution in [0, 0.1) is 11.8 Å². The molecule has 0 radical (unpaired) electrons. The van der Waals surface area contributed by atoms with Gasteiger partial charge < -0.3 is 4.74 Å². The van der Waals surface area contributed by atoms with Gasteiger partial charge in [-0.1, -0.05) is 30.3 Å². The fourth-order valence-corrected chi connectivity index (χ4v) is 2.81. The molecular weight excluding hydrogens is 224 g/mol. The summed E-state index contributed by atoms with van der Waals surface area (Å²) in [5.74, 6) is 0.894. The van der Waals surface area contributed by atoms with Crippen LogP contribution in [0.15, 0.2) is 30.3 Å². The Bertz CT molecular complexity index is 364. The minimum absolute atomic E-state index is 0.00987. The third kappa shape index (κ3) is 3.59. The van der Waals surface area contributed by atoms with E-state index in [2.05, 4.69) is 30.3 Å². The monoisotopic (exact) mass is 246 g/mol. The maximum Gasteiger partial charge on any atom is 0.308 e. The summed E-state index contributed by atoms with van der Waals surface area (Å²) < 4.78 is 5.10. The number of esters is 1. The summed E-state index contributed by atoms with van der Waals surface area (Å²) in [6.45, 7) is 2.38. The molecule has 0 heterocycles. The summed E-state index contributed by atoms with van der Waals surface area (Å²) in [7, 11) is 0. The molecule has 2 rings (SSSR count). The number of hydrogen-bond acceptors (Lipinski definition) is 2. The lowest BCUT2D eigenvalue weighted by Crippen LogP contribution is -2.24. The molecule has 1 fully saturated rings. The molecule has 1 aromatic rings. The van der Waals surface area contributed by atoms with Crippen molar-refractivity contribution in [3.8, 4) is 0 Å². The van der Waals surface area contributed by atoms with Crippen molar-refractivity contribution in [2.24, 2.45) is 11.8 Å². The number of ether oxygens (including phenoxy) is 1. The molecular formula is C16H22O2. The number of carbonyl (C=O) groups excluding carboxylic acids is 1. The van der Waals surface area contributed by atoms with Crippen LogP contribution in [0.25, 0.3) is 0 Å². The van der Waals surface area contributed by atoms with Gasteiger partial charge in [0.1, 0.15) is 0 Å². The van der Waals surface area contributed by atoms with E-state index >= 15 is 0 Å². The first-order valence-electron chi connectivity index (χ1n) is 7.00. The van der Waals surface area contributed by atoms with Gasteiger partial charge in [0.2, 0.25) is 0 Å². The lowest BCUT2D eigenvalue weighted by atomic mass is 9.79. The summed E-state index contributed by atoms with van der Waals surface area (Å²) in [6.07, 6.45) is 5.44. The molecule has 0 amide bonds. The van der Waals surface area contributed by atoms with E-state index in [0.29, 0.717) is 6.61 Å². The SMILES string of the molecule is CCOC(=O)C1CCC(Cc2ccccc2)CC1. The Kier molecular flexibility index (Phi) is 4.80. The topological polar surface area (TPSA) is 26.3 Å². The van der Waals surface area contributed by atoms with Crippen LogP contribution >= 0.6 is 0 Å². The molecule has 0 N–H and O–H groups in total. The summed E-state index contributed by atoms with van der Waals surface area (Å²) in [6, 6.07) is 10.6. The first-order chi connectivity index (χ1) is 8.79. The van der Waals surface area contributed by atoms with Gasteiger partial charge in [-0.25, -0.2) is 0 Å². The molecule has 2 heteroatoms. The zero-order valence-corrected chi connectivity index (χ0v) is 11.1. The smallest absolute Gasteiger partial charge is 0.308 e. The van der Waals surface area contributed by atoms with E-state index in [-0.39, 0.29) is 11.9 Å². The Morgan fingerprint density at radius 2 is 1.83 bits per heavy atom. The summed E-state index contributed by atoms with van der Waals surface area (Å²) in [5, 5.41) is 0. The third-order valence-corrected chi connectivity index (χ3v) is 3.83. The van der Waals surface area contributed by atoms with Crippen molar-refractivity contribution in [2.75, 3.05) is 6.61 Å². The average Bonchev–Trinajstić information content (AvgIpc) is 2.41. The second-order valence-corrected chi connectivity index (χ2v) is 5.16. The Hall–Kier alpha value is -1.31. The molecule has 0 aliphatic heterocycles. The van der Waals surface area contributed by atoms with Crippen molar-refractivity contribution in [3.05, 3.63) is 35.9 Å². The molecule has 0 unspecified atom stereocenters. The first kappa shape index (κ1) is 13.1. The van der Waals surface area contributed by atoms with Crippen molar-refractivity contribution in [1.29, 1.82) is 0 Å². The van der Waals surface area contributed by atoms with Gasteiger partial charge in [-0.2, -0.15) is 0 Å². The third-order valence-electron chi connectivity index (χ3n) is 3.83. The molecule has 0 bridgehead atoms. The number of hydrogen-bond donors (Lipinski definition) is 0. The maximum atomic E-state index is 11.6. The van der Waals surface area contributed by atoms with E-state index in [1.54, 1.807) is 0 Å². The Labute approximate surface area is 109 Å². The van der Waals surface area contributed by atoms with Crippen LogP contribution in [0.3, 0.4) is 0 Å². The minimum atomic E-state index is 0.00987. The van der Waals surface area contributed by atoms with E-state index in [1.807, 2.05) is 6.92 Å². The van der Waals surface area contributed by atoms with Crippen LogP contribution < -0.4 is 0 Å². The molecule has 2 nitrogen and oxygen atoms in total. The Balaban J connectivity index is 1.78. The molecule has 1 saturated carbocycles. The van der Waals surface area contributed by atoms with Gasteiger partial charge in [-0.3, -0.25) is 4.79 Å². The highest BCUT2D eigenvalue weighted by molar-refractivity contribution is 5.72. The van der Waals surface area contributed by atoms with Gasteiger partial charge in [0.25, 0.3) is 0 Å². The molecule has 1 aliphatic carbocycles. The van der Waals surface area contributed by atoms with Crippen LogP contribution in [-0.4, -0.2) is 12.6 Å². The zero-order chi connectivity index (χ0) is 12.8. The fraction of sp³-hybridized carbons (Fsp3) is 0.562.